The lowest BCUT2D eigenvalue weighted by Crippen LogP contribution is -2.32. The molecule has 1 atom stereocenters. The molecular formula is C15H25N3. The summed E-state index contributed by atoms with van der Waals surface area (Å²) in [6.07, 6.45) is 7.77. The molecule has 0 spiro atoms. The van der Waals surface area contributed by atoms with Gasteiger partial charge >= 0.3 is 0 Å². The first-order valence-corrected chi connectivity index (χ1v) is 7.07. The first kappa shape index (κ1) is 13.5. The maximum Gasteiger partial charge on any atom is 0.0292 e. The summed E-state index contributed by atoms with van der Waals surface area (Å²) in [5.41, 5.74) is 1.33. The number of rotatable bonds is 5. The minimum atomic E-state index is 0.430. The summed E-state index contributed by atoms with van der Waals surface area (Å²) in [5.74, 6) is 0.915. The van der Waals surface area contributed by atoms with E-state index in [1.165, 1.54) is 37.9 Å². The number of nitrogens with one attached hydrogen (secondary N) is 1. The summed E-state index contributed by atoms with van der Waals surface area (Å²) >= 11 is 0. The van der Waals surface area contributed by atoms with Crippen molar-refractivity contribution >= 4 is 0 Å². The Hall–Kier alpha value is -0.930. The zero-order valence-corrected chi connectivity index (χ0v) is 11.6. The summed E-state index contributed by atoms with van der Waals surface area (Å²) in [6.45, 7) is 5.89. The topological polar surface area (TPSA) is 28.2 Å². The molecule has 0 aliphatic carbocycles. The maximum atomic E-state index is 4.06. The predicted molar refractivity (Wildman–Crippen MR) is 75.5 cm³/mol. The highest BCUT2D eigenvalue weighted by atomic mass is 15.1. The molecule has 1 aromatic rings. The summed E-state index contributed by atoms with van der Waals surface area (Å²) < 4.78 is 0. The Morgan fingerprint density at radius 3 is 2.67 bits per heavy atom. The van der Waals surface area contributed by atoms with Gasteiger partial charge in [0.25, 0.3) is 0 Å². The Bertz CT molecular complexity index is 331. The number of pyridine rings is 1. The van der Waals surface area contributed by atoms with Crippen LogP contribution in [0.1, 0.15) is 37.8 Å². The van der Waals surface area contributed by atoms with E-state index >= 15 is 0 Å². The molecule has 1 unspecified atom stereocenters. The van der Waals surface area contributed by atoms with Crippen LogP contribution in [-0.4, -0.2) is 36.6 Å². The highest BCUT2D eigenvalue weighted by molar-refractivity contribution is 5.13. The average Bonchev–Trinajstić information content (AvgIpc) is 2.42. The fourth-order valence-corrected chi connectivity index (χ4v) is 2.62. The van der Waals surface area contributed by atoms with Crippen LogP contribution in [0.5, 0.6) is 0 Å². The van der Waals surface area contributed by atoms with Gasteiger partial charge in [-0.2, -0.15) is 0 Å². The Morgan fingerprint density at radius 2 is 2.00 bits per heavy atom. The van der Waals surface area contributed by atoms with Gasteiger partial charge in [-0.3, -0.25) is 4.98 Å². The zero-order valence-electron chi connectivity index (χ0n) is 11.6. The van der Waals surface area contributed by atoms with Crippen molar-refractivity contribution in [3.8, 4) is 0 Å². The van der Waals surface area contributed by atoms with Crippen LogP contribution >= 0.6 is 0 Å². The van der Waals surface area contributed by atoms with Gasteiger partial charge in [0, 0.05) is 18.4 Å². The number of nitrogens with zero attached hydrogens (tertiary/aromatic N) is 2. The number of likely N-dealkylation sites (tertiary alicyclic amines) is 1. The van der Waals surface area contributed by atoms with Crippen LogP contribution in [0.15, 0.2) is 24.5 Å². The van der Waals surface area contributed by atoms with Crippen LogP contribution < -0.4 is 5.32 Å². The number of aromatic nitrogens is 1. The van der Waals surface area contributed by atoms with Crippen molar-refractivity contribution in [2.24, 2.45) is 5.92 Å². The molecule has 2 rings (SSSR count). The molecule has 18 heavy (non-hydrogen) atoms. The van der Waals surface area contributed by atoms with Gasteiger partial charge in [-0.1, -0.05) is 0 Å². The van der Waals surface area contributed by atoms with Gasteiger partial charge in [0.05, 0.1) is 0 Å². The van der Waals surface area contributed by atoms with Crippen molar-refractivity contribution in [3.63, 3.8) is 0 Å². The van der Waals surface area contributed by atoms with Crippen molar-refractivity contribution in [2.45, 2.75) is 32.2 Å². The minimum Gasteiger partial charge on any atom is -0.310 e. The Kier molecular flexibility index (Phi) is 5.14. The van der Waals surface area contributed by atoms with E-state index in [9.17, 15) is 0 Å². The highest BCUT2D eigenvalue weighted by Gasteiger charge is 2.16. The van der Waals surface area contributed by atoms with Crippen molar-refractivity contribution in [1.82, 2.24) is 15.2 Å². The van der Waals surface area contributed by atoms with E-state index in [2.05, 4.69) is 41.3 Å². The van der Waals surface area contributed by atoms with Crippen LogP contribution in [0.25, 0.3) is 0 Å². The highest BCUT2D eigenvalue weighted by Crippen LogP contribution is 2.19. The molecule has 1 N–H and O–H groups in total. The SMILES string of the molecule is CC(NCCC1CCN(C)CC1)c1ccncc1. The third-order valence-electron chi connectivity index (χ3n) is 4.05. The third kappa shape index (κ3) is 4.07. The molecule has 1 aliphatic heterocycles. The molecule has 0 amide bonds. The van der Waals surface area contributed by atoms with E-state index in [-0.39, 0.29) is 0 Å². The van der Waals surface area contributed by atoms with Crippen molar-refractivity contribution in [1.29, 1.82) is 0 Å². The number of piperidine rings is 1. The molecule has 100 valence electrons. The van der Waals surface area contributed by atoms with E-state index in [1.807, 2.05) is 12.4 Å². The van der Waals surface area contributed by atoms with Crippen LogP contribution in [0.3, 0.4) is 0 Å². The average molecular weight is 247 g/mol. The van der Waals surface area contributed by atoms with Gasteiger partial charge in [-0.25, -0.2) is 0 Å². The lowest BCUT2D eigenvalue weighted by molar-refractivity contribution is 0.211. The molecular weight excluding hydrogens is 222 g/mol. The van der Waals surface area contributed by atoms with E-state index in [0.717, 1.165) is 12.5 Å². The smallest absolute Gasteiger partial charge is 0.0292 e. The van der Waals surface area contributed by atoms with Crippen molar-refractivity contribution < 1.29 is 0 Å². The molecule has 0 aromatic carbocycles. The molecule has 1 aromatic heterocycles. The summed E-state index contributed by atoms with van der Waals surface area (Å²) in [5, 5.41) is 3.62. The molecule has 0 bridgehead atoms. The normalized spacial score (nSPS) is 19.9. The maximum absolute atomic E-state index is 4.06. The second kappa shape index (κ2) is 6.86. The van der Waals surface area contributed by atoms with Crippen LogP contribution in [-0.2, 0) is 0 Å². The minimum absolute atomic E-state index is 0.430. The molecule has 1 aliphatic rings. The summed E-state index contributed by atoms with van der Waals surface area (Å²) in [6, 6.07) is 4.61. The quantitative estimate of drug-likeness (QED) is 0.866. The predicted octanol–water partition coefficient (Wildman–Crippen LogP) is 2.46. The second-order valence-corrected chi connectivity index (χ2v) is 5.49. The molecule has 3 nitrogen and oxygen atoms in total. The molecule has 3 heteroatoms. The van der Waals surface area contributed by atoms with Crippen LogP contribution in [0, 0.1) is 5.92 Å². The van der Waals surface area contributed by atoms with Gasteiger partial charge in [0.2, 0.25) is 0 Å². The second-order valence-electron chi connectivity index (χ2n) is 5.49. The molecule has 1 saturated heterocycles. The Labute approximate surface area is 111 Å². The van der Waals surface area contributed by atoms with Gasteiger partial charge in [0.1, 0.15) is 0 Å². The zero-order chi connectivity index (χ0) is 12.8. The van der Waals surface area contributed by atoms with E-state index < -0.39 is 0 Å². The first-order valence-electron chi connectivity index (χ1n) is 7.07. The Balaban J connectivity index is 1.66. The number of hydrogen-bond donors (Lipinski definition) is 1. The Morgan fingerprint density at radius 1 is 1.33 bits per heavy atom. The molecule has 1 fully saturated rings. The third-order valence-corrected chi connectivity index (χ3v) is 4.05. The van der Waals surface area contributed by atoms with Gasteiger partial charge < -0.3 is 10.2 Å². The van der Waals surface area contributed by atoms with Crippen LogP contribution in [0.2, 0.25) is 0 Å². The molecule has 2 heterocycles. The standard InChI is InChI=1S/C15H25N3/c1-13(15-4-8-16-9-5-15)17-10-3-14-6-11-18(2)12-7-14/h4-5,8-9,13-14,17H,3,6-7,10-12H2,1-2H3. The van der Waals surface area contributed by atoms with Gasteiger partial charge in [-0.15, -0.1) is 0 Å². The largest absolute Gasteiger partial charge is 0.310 e. The van der Waals surface area contributed by atoms with E-state index in [1.54, 1.807) is 0 Å². The van der Waals surface area contributed by atoms with Gasteiger partial charge in [0.15, 0.2) is 0 Å². The van der Waals surface area contributed by atoms with E-state index in [0.29, 0.717) is 6.04 Å². The lowest BCUT2D eigenvalue weighted by atomic mass is 9.94. The van der Waals surface area contributed by atoms with E-state index in [4.69, 9.17) is 0 Å². The van der Waals surface area contributed by atoms with Crippen molar-refractivity contribution in [2.75, 3.05) is 26.7 Å². The lowest BCUT2D eigenvalue weighted by Gasteiger charge is -2.29. The summed E-state index contributed by atoms with van der Waals surface area (Å²) in [4.78, 5) is 6.49. The molecule has 0 radical (unpaired) electrons. The monoisotopic (exact) mass is 247 g/mol. The first-order chi connectivity index (χ1) is 8.75. The fraction of sp³-hybridized carbons (Fsp3) is 0.667. The summed E-state index contributed by atoms with van der Waals surface area (Å²) in [7, 11) is 2.22. The molecule has 0 saturated carbocycles. The van der Waals surface area contributed by atoms with Crippen LogP contribution in [0.4, 0.5) is 0 Å². The fourth-order valence-electron chi connectivity index (χ4n) is 2.62. The van der Waals surface area contributed by atoms with Crippen molar-refractivity contribution in [3.05, 3.63) is 30.1 Å². The number of hydrogen-bond acceptors (Lipinski definition) is 3. The van der Waals surface area contributed by atoms with Gasteiger partial charge in [-0.05, 0) is 76.5 Å².